The van der Waals surface area contributed by atoms with Gasteiger partial charge in [0.2, 0.25) is 6.41 Å². The van der Waals surface area contributed by atoms with Gasteiger partial charge in [-0.25, -0.2) is 0 Å². The molecule has 28 heavy (non-hydrogen) atoms. The molecule has 3 rings (SSSR count). The molecule has 0 radical (unpaired) electrons. The second kappa shape index (κ2) is 12.9. The smallest absolute Gasteiger partial charge is 0.213 e. The summed E-state index contributed by atoms with van der Waals surface area (Å²) < 4.78 is 0. The SMILES string of the molecule is CC.CC.Cc1ccccc1C1=C(c2ccccc2N(C)C=O)CCCCC1. The van der Waals surface area contributed by atoms with E-state index in [0.717, 1.165) is 24.9 Å². The molecule has 1 aliphatic carbocycles. The zero-order chi connectivity index (χ0) is 20.9. The van der Waals surface area contributed by atoms with Crippen LogP contribution in [-0.4, -0.2) is 13.5 Å². The standard InChI is InChI=1S/C22H25NO.2C2H6/c1-17-10-6-7-11-18(17)19-12-4-3-5-13-20(19)21-14-8-9-15-22(21)23(2)16-24;2*1-2/h6-11,14-16H,3-5,12-13H2,1-2H3;2*1-2H3. The molecule has 0 bridgehead atoms. The van der Waals surface area contributed by atoms with Crippen LogP contribution in [0.2, 0.25) is 0 Å². The second-order valence-electron chi connectivity index (χ2n) is 6.57. The first-order valence-corrected chi connectivity index (χ1v) is 10.8. The van der Waals surface area contributed by atoms with Crippen LogP contribution in [0.1, 0.15) is 76.5 Å². The Bertz CT molecular complexity index is 761. The van der Waals surface area contributed by atoms with Crippen molar-refractivity contribution < 1.29 is 4.79 Å². The van der Waals surface area contributed by atoms with Gasteiger partial charge in [-0.15, -0.1) is 0 Å². The van der Waals surface area contributed by atoms with E-state index in [1.165, 1.54) is 47.1 Å². The van der Waals surface area contributed by atoms with Crippen molar-refractivity contribution >= 4 is 23.2 Å². The van der Waals surface area contributed by atoms with Crippen LogP contribution in [0.4, 0.5) is 5.69 Å². The molecule has 0 heterocycles. The van der Waals surface area contributed by atoms with Crippen LogP contribution >= 0.6 is 0 Å². The maximum atomic E-state index is 11.3. The third kappa shape index (κ3) is 5.82. The summed E-state index contributed by atoms with van der Waals surface area (Å²) >= 11 is 0. The number of allylic oxidation sites excluding steroid dienone is 2. The highest BCUT2D eigenvalue weighted by atomic mass is 16.1. The fraction of sp³-hybridized carbons (Fsp3) is 0.423. The largest absolute Gasteiger partial charge is 0.317 e. The van der Waals surface area contributed by atoms with Crippen LogP contribution in [0.25, 0.3) is 11.1 Å². The number of carbonyl (C=O) groups is 1. The number of nitrogens with zero attached hydrogens (tertiary/aromatic N) is 1. The van der Waals surface area contributed by atoms with Crippen molar-refractivity contribution in [1.82, 2.24) is 0 Å². The van der Waals surface area contributed by atoms with E-state index in [4.69, 9.17) is 0 Å². The van der Waals surface area contributed by atoms with Gasteiger partial charge >= 0.3 is 0 Å². The Morgan fingerprint density at radius 3 is 1.82 bits per heavy atom. The summed E-state index contributed by atoms with van der Waals surface area (Å²) in [5.74, 6) is 0. The predicted octanol–water partition coefficient (Wildman–Crippen LogP) is 7.51. The van der Waals surface area contributed by atoms with Crippen molar-refractivity contribution in [3.63, 3.8) is 0 Å². The monoisotopic (exact) mass is 379 g/mol. The Morgan fingerprint density at radius 2 is 1.25 bits per heavy atom. The number of hydrogen-bond acceptors (Lipinski definition) is 1. The van der Waals surface area contributed by atoms with Crippen LogP contribution in [0.5, 0.6) is 0 Å². The molecule has 2 aromatic rings. The zero-order valence-corrected chi connectivity index (χ0v) is 18.6. The number of aryl methyl sites for hydroxylation is 1. The van der Waals surface area contributed by atoms with Crippen LogP contribution in [-0.2, 0) is 4.79 Å². The first kappa shape index (κ1) is 23.7. The molecular formula is C26H37NO. The van der Waals surface area contributed by atoms with Gasteiger partial charge in [0.15, 0.2) is 0 Å². The zero-order valence-electron chi connectivity index (χ0n) is 18.6. The van der Waals surface area contributed by atoms with E-state index in [-0.39, 0.29) is 0 Å². The number of rotatable bonds is 4. The van der Waals surface area contributed by atoms with Crippen LogP contribution in [0.15, 0.2) is 48.5 Å². The van der Waals surface area contributed by atoms with Crippen molar-refractivity contribution in [3.8, 4) is 0 Å². The van der Waals surface area contributed by atoms with Crippen LogP contribution in [0, 0.1) is 6.92 Å². The van der Waals surface area contributed by atoms with Crippen molar-refractivity contribution in [1.29, 1.82) is 0 Å². The van der Waals surface area contributed by atoms with Crippen molar-refractivity contribution in [2.45, 2.75) is 66.7 Å². The number of benzene rings is 2. The second-order valence-corrected chi connectivity index (χ2v) is 6.57. The molecule has 1 aliphatic rings. The van der Waals surface area contributed by atoms with E-state index in [0.29, 0.717) is 0 Å². The topological polar surface area (TPSA) is 20.3 Å². The van der Waals surface area contributed by atoms with Gasteiger partial charge in [0.1, 0.15) is 0 Å². The summed E-state index contributed by atoms with van der Waals surface area (Å²) in [5, 5.41) is 0. The number of hydrogen-bond donors (Lipinski definition) is 0. The lowest BCUT2D eigenvalue weighted by Crippen LogP contribution is -2.15. The fourth-order valence-electron chi connectivity index (χ4n) is 3.68. The maximum Gasteiger partial charge on any atom is 0.213 e. The van der Waals surface area contributed by atoms with Crippen molar-refractivity contribution in [2.24, 2.45) is 0 Å². The summed E-state index contributed by atoms with van der Waals surface area (Å²) in [6.45, 7) is 10.2. The Labute approximate surface area is 172 Å². The van der Waals surface area contributed by atoms with Gasteiger partial charge in [-0.05, 0) is 60.9 Å². The summed E-state index contributed by atoms with van der Waals surface area (Å²) in [6, 6.07) is 16.9. The lowest BCUT2D eigenvalue weighted by Gasteiger charge is -2.21. The van der Waals surface area contributed by atoms with Gasteiger partial charge in [-0.3, -0.25) is 4.79 Å². The lowest BCUT2D eigenvalue weighted by atomic mass is 9.88. The molecule has 0 fully saturated rings. The predicted molar refractivity (Wildman–Crippen MR) is 125 cm³/mol. The number of amides is 1. The Morgan fingerprint density at radius 1 is 0.750 bits per heavy atom. The van der Waals surface area contributed by atoms with E-state index < -0.39 is 0 Å². The molecule has 1 amide bonds. The highest BCUT2D eigenvalue weighted by Crippen LogP contribution is 2.40. The average Bonchev–Trinajstić information content (AvgIpc) is 3.02. The Hall–Kier alpha value is -2.35. The van der Waals surface area contributed by atoms with E-state index in [1.807, 2.05) is 46.9 Å². The molecule has 0 atom stereocenters. The highest BCUT2D eigenvalue weighted by Gasteiger charge is 2.19. The minimum absolute atomic E-state index is 0.892. The number of para-hydroxylation sites is 1. The van der Waals surface area contributed by atoms with Crippen molar-refractivity contribution in [3.05, 3.63) is 65.2 Å². The molecule has 0 spiro atoms. The lowest BCUT2D eigenvalue weighted by molar-refractivity contribution is -0.107. The van der Waals surface area contributed by atoms with Gasteiger partial charge in [0, 0.05) is 12.6 Å². The average molecular weight is 380 g/mol. The summed E-state index contributed by atoms with van der Waals surface area (Å²) in [5.41, 5.74) is 7.75. The highest BCUT2D eigenvalue weighted by molar-refractivity contribution is 5.96. The maximum absolute atomic E-state index is 11.3. The molecule has 0 unspecified atom stereocenters. The van der Waals surface area contributed by atoms with E-state index in [9.17, 15) is 4.79 Å². The normalized spacial score (nSPS) is 13.4. The molecule has 0 aliphatic heterocycles. The van der Waals surface area contributed by atoms with Crippen LogP contribution in [0.3, 0.4) is 0 Å². The molecular weight excluding hydrogens is 342 g/mol. The van der Waals surface area contributed by atoms with Gasteiger partial charge in [-0.2, -0.15) is 0 Å². The molecule has 0 aromatic heterocycles. The molecule has 0 N–H and O–H groups in total. The van der Waals surface area contributed by atoms with Gasteiger partial charge in [-0.1, -0.05) is 76.6 Å². The summed E-state index contributed by atoms with van der Waals surface area (Å²) in [6.07, 6.45) is 6.80. The summed E-state index contributed by atoms with van der Waals surface area (Å²) in [4.78, 5) is 13.0. The van der Waals surface area contributed by atoms with Gasteiger partial charge < -0.3 is 4.90 Å². The first-order chi connectivity index (χ1) is 13.7. The van der Waals surface area contributed by atoms with Crippen molar-refractivity contribution in [2.75, 3.05) is 11.9 Å². The third-order valence-corrected chi connectivity index (χ3v) is 4.96. The minimum Gasteiger partial charge on any atom is -0.317 e. The molecule has 2 nitrogen and oxygen atoms in total. The first-order valence-electron chi connectivity index (χ1n) is 10.8. The Balaban J connectivity index is 0.000000921. The molecule has 2 aromatic carbocycles. The quantitative estimate of drug-likeness (QED) is 0.503. The Kier molecular flexibility index (Phi) is 10.9. The molecule has 0 saturated carbocycles. The van der Waals surface area contributed by atoms with E-state index in [2.05, 4.69) is 43.3 Å². The third-order valence-electron chi connectivity index (χ3n) is 4.96. The van der Waals surface area contributed by atoms with Gasteiger partial charge in [0.25, 0.3) is 0 Å². The van der Waals surface area contributed by atoms with Crippen LogP contribution < -0.4 is 4.90 Å². The van der Waals surface area contributed by atoms with E-state index in [1.54, 1.807) is 4.90 Å². The molecule has 152 valence electrons. The minimum atomic E-state index is 0.892. The van der Waals surface area contributed by atoms with Gasteiger partial charge in [0.05, 0.1) is 5.69 Å². The fourth-order valence-corrected chi connectivity index (χ4v) is 3.68. The molecule has 0 saturated heterocycles. The summed E-state index contributed by atoms with van der Waals surface area (Å²) in [7, 11) is 1.83. The van der Waals surface area contributed by atoms with E-state index >= 15 is 0 Å². The molecule has 2 heteroatoms. The number of anilines is 1. The number of carbonyl (C=O) groups excluding carboxylic acids is 1.